The number of benzene rings is 1. The maximum Gasteiger partial charge on any atom is 0.303 e. The van der Waals surface area contributed by atoms with E-state index >= 15 is 0 Å². The van der Waals surface area contributed by atoms with E-state index in [1.54, 1.807) is 12.1 Å². The van der Waals surface area contributed by atoms with Gasteiger partial charge in [0.2, 0.25) is 10.0 Å². The van der Waals surface area contributed by atoms with Gasteiger partial charge < -0.3 is 10.2 Å². The quantitative estimate of drug-likeness (QED) is 0.812. The van der Waals surface area contributed by atoms with Gasteiger partial charge >= 0.3 is 5.97 Å². The van der Waals surface area contributed by atoms with Crippen LogP contribution in [0.5, 0.6) is 0 Å². The third-order valence-corrected chi connectivity index (χ3v) is 5.66. The largest absolute Gasteiger partial charge is 0.481 e. The molecule has 1 saturated heterocycles. The molecule has 7 heteroatoms. The Hall–Kier alpha value is -1.44. The van der Waals surface area contributed by atoms with Crippen LogP contribution in [0.4, 0.5) is 0 Å². The van der Waals surface area contributed by atoms with Crippen LogP contribution in [0.3, 0.4) is 0 Å². The van der Waals surface area contributed by atoms with Crippen LogP contribution in [-0.4, -0.2) is 48.1 Å². The Bertz CT molecular complexity index is 596. The smallest absolute Gasteiger partial charge is 0.303 e. The van der Waals surface area contributed by atoms with Crippen LogP contribution < -0.4 is 0 Å². The standard InChI is InChI=1S/C14H19NO5S/c16-10-12-2-1-9-15(12)21(19,20)13-6-3-11(4-7-13)5-8-14(17)18/h3-4,6-7,12,16H,1-2,5,8-10H2,(H,17,18)/t12-/m1/s1. The van der Waals surface area contributed by atoms with E-state index in [0.717, 1.165) is 12.0 Å². The molecule has 21 heavy (non-hydrogen) atoms. The zero-order chi connectivity index (χ0) is 15.5. The highest BCUT2D eigenvalue weighted by Crippen LogP contribution is 2.26. The summed E-state index contributed by atoms with van der Waals surface area (Å²) in [5, 5.41) is 17.9. The number of aliphatic carboxylic acids is 1. The number of carboxylic acids is 1. The Labute approximate surface area is 124 Å². The van der Waals surface area contributed by atoms with Crippen molar-refractivity contribution in [1.82, 2.24) is 4.31 Å². The molecule has 6 nitrogen and oxygen atoms in total. The molecule has 1 aliphatic heterocycles. The molecule has 1 aromatic rings. The van der Waals surface area contributed by atoms with Gasteiger partial charge in [-0.1, -0.05) is 12.1 Å². The minimum atomic E-state index is -3.59. The SMILES string of the molecule is O=C(O)CCc1ccc(S(=O)(=O)N2CCC[C@@H]2CO)cc1. The van der Waals surface area contributed by atoms with E-state index in [2.05, 4.69) is 0 Å². The second-order valence-corrected chi connectivity index (χ2v) is 7.02. The highest BCUT2D eigenvalue weighted by molar-refractivity contribution is 7.89. The van der Waals surface area contributed by atoms with E-state index in [9.17, 15) is 18.3 Å². The first-order valence-electron chi connectivity index (χ1n) is 6.88. The van der Waals surface area contributed by atoms with Crippen LogP contribution >= 0.6 is 0 Å². The lowest BCUT2D eigenvalue weighted by Crippen LogP contribution is -2.37. The summed E-state index contributed by atoms with van der Waals surface area (Å²) in [6.45, 7) is 0.254. The molecule has 1 atom stereocenters. The van der Waals surface area contributed by atoms with Crippen molar-refractivity contribution >= 4 is 16.0 Å². The molecule has 1 heterocycles. The van der Waals surface area contributed by atoms with Crippen molar-refractivity contribution in [3.63, 3.8) is 0 Å². The molecule has 1 fully saturated rings. The van der Waals surface area contributed by atoms with Gasteiger partial charge in [0, 0.05) is 19.0 Å². The van der Waals surface area contributed by atoms with Crippen molar-refractivity contribution in [3.8, 4) is 0 Å². The van der Waals surface area contributed by atoms with Crippen molar-refractivity contribution in [1.29, 1.82) is 0 Å². The van der Waals surface area contributed by atoms with E-state index in [1.165, 1.54) is 16.4 Å². The van der Waals surface area contributed by atoms with Crippen molar-refractivity contribution in [2.45, 2.75) is 36.6 Å². The Balaban J connectivity index is 2.15. The summed E-state index contributed by atoms with van der Waals surface area (Å²) in [5.41, 5.74) is 0.788. The van der Waals surface area contributed by atoms with Crippen molar-refractivity contribution in [2.75, 3.05) is 13.2 Å². The lowest BCUT2D eigenvalue weighted by molar-refractivity contribution is -0.136. The van der Waals surface area contributed by atoms with Crippen molar-refractivity contribution in [3.05, 3.63) is 29.8 Å². The van der Waals surface area contributed by atoms with E-state index in [4.69, 9.17) is 5.11 Å². The van der Waals surface area contributed by atoms with Crippen LogP contribution in [0.2, 0.25) is 0 Å². The summed E-state index contributed by atoms with van der Waals surface area (Å²) >= 11 is 0. The molecule has 0 aliphatic carbocycles. The normalized spacial score (nSPS) is 19.8. The second kappa shape index (κ2) is 6.55. The molecule has 116 valence electrons. The zero-order valence-corrected chi connectivity index (χ0v) is 12.4. The topological polar surface area (TPSA) is 94.9 Å². The van der Waals surface area contributed by atoms with Gasteiger partial charge in [0.25, 0.3) is 0 Å². The van der Waals surface area contributed by atoms with E-state index in [0.29, 0.717) is 19.4 Å². The maximum absolute atomic E-state index is 12.5. The fourth-order valence-corrected chi connectivity index (χ4v) is 4.21. The Morgan fingerprint density at radius 2 is 1.95 bits per heavy atom. The number of nitrogens with zero attached hydrogens (tertiary/aromatic N) is 1. The summed E-state index contributed by atoms with van der Waals surface area (Å²) in [6, 6.07) is 5.93. The third-order valence-electron chi connectivity index (χ3n) is 3.69. The molecule has 0 radical (unpaired) electrons. The third kappa shape index (κ3) is 3.61. The van der Waals surface area contributed by atoms with Crippen LogP contribution in [0, 0.1) is 0 Å². The molecule has 2 N–H and O–H groups in total. The molecule has 0 bridgehead atoms. The lowest BCUT2D eigenvalue weighted by Gasteiger charge is -2.22. The Kier molecular flexibility index (Phi) is 4.97. The van der Waals surface area contributed by atoms with Crippen LogP contribution in [0.15, 0.2) is 29.2 Å². The number of hydrogen-bond acceptors (Lipinski definition) is 4. The highest BCUT2D eigenvalue weighted by Gasteiger charge is 2.34. The van der Waals surface area contributed by atoms with Crippen LogP contribution in [0.1, 0.15) is 24.8 Å². The average Bonchev–Trinajstić information content (AvgIpc) is 2.94. The number of sulfonamides is 1. The summed E-state index contributed by atoms with van der Waals surface area (Å²) in [5.74, 6) is -0.880. The number of aryl methyl sites for hydroxylation is 1. The summed E-state index contributed by atoms with van der Waals surface area (Å²) in [7, 11) is -3.59. The van der Waals surface area contributed by atoms with E-state index in [-0.39, 0.29) is 24.0 Å². The van der Waals surface area contributed by atoms with Gasteiger partial charge in [-0.2, -0.15) is 4.31 Å². The first-order valence-corrected chi connectivity index (χ1v) is 8.32. The van der Waals surface area contributed by atoms with Crippen molar-refractivity contribution < 1.29 is 23.4 Å². The van der Waals surface area contributed by atoms with Gasteiger partial charge in [-0.15, -0.1) is 0 Å². The molecule has 1 aliphatic rings. The van der Waals surface area contributed by atoms with Gasteiger partial charge in [0.1, 0.15) is 0 Å². The molecule has 0 saturated carbocycles. The lowest BCUT2D eigenvalue weighted by atomic mass is 10.1. The first-order chi connectivity index (χ1) is 9.95. The van der Waals surface area contributed by atoms with Gasteiger partial charge in [-0.05, 0) is 37.0 Å². The Morgan fingerprint density at radius 3 is 2.52 bits per heavy atom. The zero-order valence-electron chi connectivity index (χ0n) is 11.6. The van der Waals surface area contributed by atoms with Crippen molar-refractivity contribution in [2.24, 2.45) is 0 Å². The predicted octanol–water partition coefficient (Wildman–Crippen LogP) is 0.849. The molecule has 0 aromatic heterocycles. The molecular weight excluding hydrogens is 294 g/mol. The van der Waals surface area contributed by atoms with E-state index < -0.39 is 16.0 Å². The monoisotopic (exact) mass is 313 g/mol. The number of aliphatic hydroxyl groups excluding tert-OH is 1. The number of rotatable bonds is 6. The highest BCUT2D eigenvalue weighted by atomic mass is 32.2. The first kappa shape index (κ1) is 15.9. The fraction of sp³-hybridized carbons (Fsp3) is 0.500. The summed E-state index contributed by atoms with van der Waals surface area (Å²) in [6.07, 6.45) is 1.82. The molecule has 0 spiro atoms. The van der Waals surface area contributed by atoms with Gasteiger partial charge in [-0.3, -0.25) is 4.79 Å². The molecular formula is C14H19NO5S. The number of hydrogen-bond donors (Lipinski definition) is 2. The minimum Gasteiger partial charge on any atom is -0.481 e. The van der Waals surface area contributed by atoms with Gasteiger partial charge in [-0.25, -0.2) is 8.42 Å². The number of aliphatic hydroxyl groups is 1. The fourth-order valence-electron chi connectivity index (χ4n) is 2.52. The predicted molar refractivity (Wildman–Crippen MR) is 76.4 cm³/mol. The van der Waals surface area contributed by atoms with Gasteiger partial charge in [0.15, 0.2) is 0 Å². The summed E-state index contributed by atoms with van der Waals surface area (Å²) < 4.78 is 26.4. The summed E-state index contributed by atoms with van der Waals surface area (Å²) in [4.78, 5) is 10.7. The Morgan fingerprint density at radius 1 is 1.29 bits per heavy atom. The van der Waals surface area contributed by atoms with Crippen LogP contribution in [-0.2, 0) is 21.2 Å². The minimum absolute atomic E-state index is 0.0187. The van der Waals surface area contributed by atoms with E-state index in [1.807, 2.05) is 0 Å². The number of carboxylic acid groups (broad SMARTS) is 1. The molecule has 0 amide bonds. The molecule has 2 rings (SSSR count). The number of carbonyl (C=O) groups is 1. The van der Waals surface area contributed by atoms with Crippen LogP contribution in [0.25, 0.3) is 0 Å². The maximum atomic E-state index is 12.5. The average molecular weight is 313 g/mol. The van der Waals surface area contributed by atoms with Gasteiger partial charge in [0.05, 0.1) is 11.5 Å². The molecule has 0 unspecified atom stereocenters. The second-order valence-electron chi connectivity index (χ2n) is 5.13. The molecule has 1 aromatic carbocycles.